The van der Waals surface area contributed by atoms with Crippen LogP contribution in [0.5, 0.6) is 0 Å². The smallest absolute Gasteiger partial charge is 0.444 e. The summed E-state index contributed by atoms with van der Waals surface area (Å²) in [5.41, 5.74) is -0.681. The fraction of sp³-hybridized carbons (Fsp3) is 0.900. The lowest BCUT2D eigenvalue weighted by atomic mass is 10.2. The number of likely N-dealkylation sites (tertiary alicyclic amines) is 1. The molecular weight excluding hydrogens is 277 g/mol. The topological polar surface area (TPSA) is 117 Å². The molecule has 1 heterocycles. The van der Waals surface area contributed by atoms with Gasteiger partial charge in [-0.15, -0.1) is 0 Å². The van der Waals surface area contributed by atoms with E-state index in [4.69, 9.17) is 14.5 Å². The van der Waals surface area contributed by atoms with E-state index in [1.807, 2.05) is 0 Å². The number of rotatable bonds is 3. The number of phosphoric acid groups is 1. The van der Waals surface area contributed by atoms with Gasteiger partial charge in [0.25, 0.3) is 0 Å². The van der Waals surface area contributed by atoms with Crippen molar-refractivity contribution in [2.45, 2.75) is 44.9 Å². The second-order valence-electron chi connectivity index (χ2n) is 5.46. The Morgan fingerprint density at radius 2 is 2.00 bits per heavy atom. The van der Waals surface area contributed by atoms with E-state index in [0.717, 1.165) is 0 Å². The van der Waals surface area contributed by atoms with E-state index in [-0.39, 0.29) is 19.6 Å². The summed E-state index contributed by atoms with van der Waals surface area (Å²) in [6.07, 6.45) is -1.19. The number of hydrogen-bond donors (Lipinski definition) is 3. The predicted octanol–water partition coefficient (Wildman–Crippen LogP) is 0.466. The van der Waals surface area contributed by atoms with E-state index in [9.17, 15) is 14.5 Å². The van der Waals surface area contributed by atoms with E-state index < -0.39 is 31.7 Å². The lowest BCUT2D eigenvalue weighted by Crippen LogP contribution is -2.41. The second kappa shape index (κ2) is 5.76. The molecule has 0 aromatic carbocycles. The molecule has 0 saturated carbocycles. The van der Waals surface area contributed by atoms with Crippen molar-refractivity contribution in [2.24, 2.45) is 0 Å². The van der Waals surface area contributed by atoms with Gasteiger partial charge in [-0.05, 0) is 27.2 Å². The molecule has 9 heteroatoms. The Balaban J connectivity index is 2.64. The molecule has 1 amide bonds. The minimum atomic E-state index is -4.60. The van der Waals surface area contributed by atoms with Gasteiger partial charge >= 0.3 is 13.9 Å². The maximum absolute atomic E-state index is 11.9. The van der Waals surface area contributed by atoms with E-state index in [0.29, 0.717) is 0 Å². The molecule has 0 aromatic rings. The second-order valence-corrected chi connectivity index (χ2v) is 6.70. The number of β-amino-alcohol motifs (C(OH)–C–C–N with tert-alkyl or cyclic N) is 1. The first-order valence-corrected chi connectivity index (χ1v) is 7.39. The zero-order chi connectivity index (χ0) is 14.8. The molecule has 0 radical (unpaired) electrons. The molecule has 1 aliphatic heterocycles. The van der Waals surface area contributed by atoms with Crippen molar-refractivity contribution in [3.8, 4) is 0 Å². The quantitative estimate of drug-likeness (QED) is 0.648. The van der Waals surface area contributed by atoms with Crippen LogP contribution in [0, 0.1) is 0 Å². The van der Waals surface area contributed by atoms with E-state index in [1.54, 1.807) is 20.8 Å². The van der Waals surface area contributed by atoms with Crippen molar-refractivity contribution in [1.29, 1.82) is 0 Å². The summed E-state index contributed by atoms with van der Waals surface area (Å²) >= 11 is 0. The highest BCUT2D eigenvalue weighted by Gasteiger charge is 2.37. The summed E-state index contributed by atoms with van der Waals surface area (Å²) < 4.78 is 20.2. The molecule has 0 unspecified atom stereocenters. The molecule has 1 rings (SSSR count). The summed E-state index contributed by atoms with van der Waals surface area (Å²) in [6, 6.07) is -0.613. The number of phosphoric ester groups is 1. The molecule has 0 spiro atoms. The van der Waals surface area contributed by atoms with Gasteiger partial charge < -0.3 is 24.5 Å². The van der Waals surface area contributed by atoms with Crippen molar-refractivity contribution >= 4 is 13.9 Å². The van der Waals surface area contributed by atoms with Gasteiger partial charge in [-0.1, -0.05) is 0 Å². The Bertz CT molecular complexity index is 375. The molecule has 2 atom stereocenters. The Kier molecular flexibility index (Phi) is 4.97. The van der Waals surface area contributed by atoms with Gasteiger partial charge in [0.05, 0.1) is 25.3 Å². The van der Waals surface area contributed by atoms with Gasteiger partial charge in [-0.25, -0.2) is 9.36 Å². The highest BCUT2D eigenvalue weighted by Crippen LogP contribution is 2.37. The van der Waals surface area contributed by atoms with Gasteiger partial charge in [-0.3, -0.25) is 4.52 Å². The molecule has 112 valence electrons. The standard InChI is InChI=1S/C10H20NO7P/c1-10(2,3)18-9(13)11-5-8(12)4-7(11)6-17-19(14,15)16/h7-8,12H,4-6H2,1-3H3,(H2,14,15,16)/t7-,8+/m0/s1. The third-order valence-electron chi connectivity index (χ3n) is 2.46. The van der Waals surface area contributed by atoms with Crippen molar-refractivity contribution in [3.63, 3.8) is 0 Å². The number of ether oxygens (including phenoxy) is 1. The van der Waals surface area contributed by atoms with Crippen molar-refractivity contribution < 1.29 is 33.5 Å². The van der Waals surface area contributed by atoms with Gasteiger partial charge in [0, 0.05) is 0 Å². The van der Waals surface area contributed by atoms with E-state index in [1.165, 1.54) is 4.90 Å². The lowest BCUT2D eigenvalue weighted by molar-refractivity contribution is 0.0159. The minimum Gasteiger partial charge on any atom is -0.444 e. The van der Waals surface area contributed by atoms with Crippen LogP contribution in [0.3, 0.4) is 0 Å². The maximum atomic E-state index is 11.9. The Morgan fingerprint density at radius 1 is 1.42 bits per heavy atom. The number of aliphatic hydroxyl groups is 1. The zero-order valence-electron chi connectivity index (χ0n) is 11.1. The van der Waals surface area contributed by atoms with Gasteiger partial charge in [0.15, 0.2) is 0 Å². The number of nitrogens with zero attached hydrogens (tertiary/aromatic N) is 1. The van der Waals surface area contributed by atoms with E-state index >= 15 is 0 Å². The first-order valence-electron chi connectivity index (χ1n) is 5.86. The highest BCUT2D eigenvalue weighted by molar-refractivity contribution is 7.46. The number of amides is 1. The van der Waals surface area contributed by atoms with Crippen LogP contribution in [0.25, 0.3) is 0 Å². The van der Waals surface area contributed by atoms with Crippen LogP contribution in [0.2, 0.25) is 0 Å². The third kappa shape index (κ3) is 5.88. The van der Waals surface area contributed by atoms with Crippen LogP contribution < -0.4 is 0 Å². The normalized spacial score (nSPS) is 24.6. The Hall–Kier alpha value is -0.660. The fourth-order valence-electron chi connectivity index (χ4n) is 1.78. The molecule has 8 nitrogen and oxygen atoms in total. The molecule has 1 aliphatic rings. The number of aliphatic hydroxyl groups excluding tert-OH is 1. The molecule has 3 N–H and O–H groups in total. The summed E-state index contributed by atoms with van der Waals surface area (Å²) in [7, 11) is -4.60. The molecule has 19 heavy (non-hydrogen) atoms. The van der Waals surface area contributed by atoms with Gasteiger partial charge in [-0.2, -0.15) is 0 Å². The molecule has 0 aromatic heterocycles. The van der Waals surface area contributed by atoms with Crippen LogP contribution in [0.15, 0.2) is 0 Å². The van der Waals surface area contributed by atoms with Crippen molar-refractivity contribution in [1.82, 2.24) is 4.90 Å². The summed E-state index contributed by atoms with van der Waals surface area (Å²) in [4.78, 5) is 30.4. The van der Waals surface area contributed by atoms with Crippen LogP contribution in [-0.2, 0) is 13.8 Å². The number of carbonyl (C=O) groups excluding carboxylic acids is 1. The maximum Gasteiger partial charge on any atom is 0.469 e. The molecule has 1 fully saturated rings. The number of carbonyl (C=O) groups is 1. The van der Waals surface area contributed by atoms with Crippen molar-refractivity contribution in [3.05, 3.63) is 0 Å². The summed E-state index contributed by atoms with van der Waals surface area (Å²) in [6.45, 7) is 4.83. The van der Waals surface area contributed by atoms with Crippen LogP contribution in [0.1, 0.15) is 27.2 Å². The van der Waals surface area contributed by atoms with Crippen LogP contribution in [-0.4, -0.2) is 56.8 Å². The SMILES string of the molecule is CC(C)(C)OC(=O)N1C[C@H](O)C[C@H]1COP(=O)(O)O. The summed E-state index contributed by atoms with van der Waals surface area (Å²) in [5, 5.41) is 9.55. The molecule has 0 aliphatic carbocycles. The minimum absolute atomic E-state index is 0.0596. The monoisotopic (exact) mass is 297 g/mol. The Labute approximate surface area is 111 Å². The fourth-order valence-corrected chi connectivity index (χ4v) is 2.14. The molecular formula is C10H20NO7P. The van der Waals surface area contributed by atoms with Crippen LogP contribution in [0.4, 0.5) is 4.79 Å². The first-order chi connectivity index (χ1) is 8.48. The predicted molar refractivity (Wildman–Crippen MR) is 65.3 cm³/mol. The average molecular weight is 297 g/mol. The highest BCUT2D eigenvalue weighted by atomic mass is 31.2. The van der Waals surface area contributed by atoms with Crippen molar-refractivity contribution in [2.75, 3.05) is 13.2 Å². The van der Waals surface area contributed by atoms with Crippen LogP contribution >= 0.6 is 7.82 Å². The Morgan fingerprint density at radius 3 is 2.47 bits per heavy atom. The van der Waals surface area contributed by atoms with Gasteiger partial charge in [0.2, 0.25) is 0 Å². The summed E-state index contributed by atoms with van der Waals surface area (Å²) in [5.74, 6) is 0. The zero-order valence-corrected chi connectivity index (χ0v) is 12.0. The van der Waals surface area contributed by atoms with Gasteiger partial charge in [0.1, 0.15) is 5.60 Å². The molecule has 0 bridgehead atoms. The third-order valence-corrected chi connectivity index (χ3v) is 2.94. The molecule has 1 saturated heterocycles. The van der Waals surface area contributed by atoms with E-state index in [2.05, 4.69) is 4.52 Å². The average Bonchev–Trinajstić information content (AvgIpc) is 2.53. The lowest BCUT2D eigenvalue weighted by Gasteiger charge is -2.28. The number of hydrogen-bond acceptors (Lipinski definition) is 5. The first kappa shape index (κ1) is 16.4. The largest absolute Gasteiger partial charge is 0.469 e.